The molecule has 1 fully saturated rings. The van der Waals surface area contributed by atoms with E-state index in [0.717, 1.165) is 11.3 Å². The van der Waals surface area contributed by atoms with Gasteiger partial charge in [-0.05, 0) is 43.7 Å². The molecule has 8 nitrogen and oxygen atoms in total. The van der Waals surface area contributed by atoms with E-state index < -0.39 is 10.0 Å². The summed E-state index contributed by atoms with van der Waals surface area (Å²) in [5.74, 6) is 1.40. The summed E-state index contributed by atoms with van der Waals surface area (Å²) in [5.41, 5.74) is 1.42. The first-order chi connectivity index (χ1) is 13.7. The van der Waals surface area contributed by atoms with E-state index in [1.54, 1.807) is 24.4 Å². The van der Waals surface area contributed by atoms with E-state index in [2.05, 4.69) is 10.3 Å². The Balaban J connectivity index is 1.50. The molecule has 1 N–H and O–H groups in total. The Morgan fingerprint density at radius 2 is 2.03 bits per heavy atom. The van der Waals surface area contributed by atoms with Gasteiger partial charge in [-0.3, -0.25) is 4.79 Å². The van der Waals surface area contributed by atoms with Crippen LogP contribution in [-0.2, 0) is 24.3 Å². The first-order valence-electron chi connectivity index (χ1n) is 9.33. The molecule has 1 amide bonds. The van der Waals surface area contributed by atoms with Gasteiger partial charge in [-0.2, -0.15) is 4.31 Å². The fourth-order valence-electron chi connectivity index (χ4n) is 3.45. The van der Waals surface area contributed by atoms with Gasteiger partial charge in [-0.1, -0.05) is 6.07 Å². The van der Waals surface area contributed by atoms with Gasteiger partial charge >= 0.3 is 0 Å². The van der Waals surface area contributed by atoms with Crippen LogP contribution in [0.25, 0.3) is 0 Å². The first-order valence-corrected chi connectivity index (χ1v) is 11.2. The summed E-state index contributed by atoms with van der Waals surface area (Å²) in [7, 11) is -3.21. The van der Waals surface area contributed by atoms with Crippen molar-refractivity contribution in [3.05, 3.63) is 59.2 Å². The van der Waals surface area contributed by atoms with E-state index in [9.17, 15) is 13.2 Å². The van der Waals surface area contributed by atoms with Crippen molar-refractivity contribution in [3.63, 3.8) is 0 Å². The van der Waals surface area contributed by atoms with Crippen LogP contribution in [0.15, 0.2) is 53.6 Å². The van der Waals surface area contributed by atoms with Crippen LogP contribution in [0, 0.1) is 12.8 Å². The summed E-state index contributed by atoms with van der Waals surface area (Å²) >= 11 is 0. The van der Waals surface area contributed by atoms with Crippen molar-refractivity contribution in [2.24, 2.45) is 5.92 Å². The van der Waals surface area contributed by atoms with Gasteiger partial charge < -0.3 is 14.8 Å². The molecule has 0 radical (unpaired) electrons. The van der Waals surface area contributed by atoms with Gasteiger partial charge in [0.25, 0.3) is 5.91 Å². The number of ether oxygens (including phenoxy) is 2. The predicted octanol–water partition coefficient (Wildman–Crippen LogP) is 1.73. The predicted molar refractivity (Wildman–Crippen MR) is 107 cm³/mol. The fraction of sp³-hybridized carbons (Fsp3) is 0.400. The SMILES string of the molecule is CC1=CC2C(OC3CN(S(C)(=O)=O)C3)=CC(C(=O)Nc3ccc(C)cn3)=CC2O1. The van der Waals surface area contributed by atoms with E-state index in [1.807, 2.05) is 26.0 Å². The number of hydrogen-bond donors (Lipinski definition) is 1. The molecule has 29 heavy (non-hydrogen) atoms. The highest BCUT2D eigenvalue weighted by molar-refractivity contribution is 7.88. The van der Waals surface area contributed by atoms with Crippen LogP contribution in [-0.4, -0.2) is 55.2 Å². The van der Waals surface area contributed by atoms with Gasteiger partial charge in [0.15, 0.2) is 0 Å². The number of aryl methyl sites for hydroxylation is 1. The summed E-state index contributed by atoms with van der Waals surface area (Å²) in [4.78, 5) is 16.9. The molecule has 0 spiro atoms. The Kier molecular flexibility index (Phi) is 4.95. The minimum absolute atomic E-state index is 0.128. The van der Waals surface area contributed by atoms with Crippen LogP contribution in [0.1, 0.15) is 12.5 Å². The number of aromatic nitrogens is 1. The Morgan fingerprint density at radius 1 is 1.28 bits per heavy atom. The number of anilines is 1. The molecule has 0 bridgehead atoms. The minimum atomic E-state index is -3.21. The summed E-state index contributed by atoms with van der Waals surface area (Å²) in [6.07, 6.45) is 7.73. The number of hydrogen-bond acceptors (Lipinski definition) is 6. The smallest absolute Gasteiger partial charge is 0.256 e. The number of amides is 1. The van der Waals surface area contributed by atoms with E-state index in [4.69, 9.17) is 9.47 Å². The normalized spacial score (nSPS) is 24.4. The van der Waals surface area contributed by atoms with Crippen molar-refractivity contribution in [2.75, 3.05) is 24.7 Å². The zero-order valence-corrected chi connectivity index (χ0v) is 17.3. The zero-order chi connectivity index (χ0) is 20.8. The quantitative estimate of drug-likeness (QED) is 0.784. The summed E-state index contributed by atoms with van der Waals surface area (Å²) < 4.78 is 36.4. The molecule has 0 aromatic carbocycles. The monoisotopic (exact) mass is 417 g/mol. The van der Waals surface area contributed by atoms with E-state index in [0.29, 0.717) is 30.2 Å². The lowest BCUT2D eigenvalue weighted by molar-refractivity contribution is -0.112. The summed E-state index contributed by atoms with van der Waals surface area (Å²) in [5, 5.41) is 2.78. The highest BCUT2D eigenvalue weighted by atomic mass is 32.2. The molecule has 1 aromatic heterocycles. The van der Waals surface area contributed by atoms with Gasteiger partial charge in [0.05, 0.1) is 31.0 Å². The lowest BCUT2D eigenvalue weighted by Crippen LogP contribution is -2.54. The number of nitrogens with one attached hydrogen (secondary N) is 1. The lowest BCUT2D eigenvalue weighted by atomic mass is 9.92. The molecular formula is C20H23N3O5S. The molecule has 2 atom stereocenters. The summed E-state index contributed by atoms with van der Waals surface area (Å²) in [6.45, 7) is 4.38. The van der Waals surface area contributed by atoms with Crippen molar-refractivity contribution >= 4 is 21.7 Å². The number of pyridine rings is 1. The van der Waals surface area contributed by atoms with Crippen molar-refractivity contribution in [1.82, 2.24) is 9.29 Å². The van der Waals surface area contributed by atoms with Crippen LogP contribution in [0.3, 0.4) is 0 Å². The average Bonchev–Trinajstić information content (AvgIpc) is 2.98. The fourth-order valence-corrected chi connectivity index (χ4v) is 4.33. The van der Waals surface area contributed by atoms with Crippen molar-refractivity contribution in [1.29, 1.82) is 0 Å². The molecule has 2 aliphatic heterocycles. The Hall–Kier alpha value is -2.65. The van der Waals surface area contributed by atoms with Crippen molar-refractivity contribution in [3.8, 4) is 0 Å². The second kappa shape index (κ2) is 7.31. The molecule has 0 saturated carbocycles. The highest BCUT2D eigenvalue weighted by Crippen LogP contribution is 2.37. The number of rotatable bonds is 5. The van der Waals surface area contributed by atoms with E-state index in [1.165, 1.54) is 10.6 Å². The van der Waals surface area contributed by atoms with Crippen molar-refractivity contribution in [2.45, 2.75) is 26.1 Å². The largest absolute Gasteiger partial charge is 0.491 e. The molecule has 1 aromatic rings. The van der Waals surface area contributed by atoms with Crippen molar-refractivity contribution < 1.29 is 22.7 Å². The third-order valence-corrected chi connectivity index (χ3v) is 6.30. The molecule has 2 unspecified atom stereocenters. The molecule has 4 rings (SSSR count). The second-order valence-electron chi connectivity index (χ2n) is 7.55. The number of sulfonamides is 1. The summed E-state index contributed by atoms with van der Waals surface area (Å²) in [6, 6.07) is 3.61. The molecule has 1 saturated heterocycles. The molecular weight excluding hydrogens is 394 g/mol. The van der Waals surface area contributed by atoms with Crippen LogP contribution in [0.5, 0.6) is 0 Å². The highest BCUT2D eigenvalue weighted by Gasteiger charge is 2.40. The Bertz CT molecular complexity index is 1020. The van der Waals surface area contributed by atoms with Crippen LogP contribution >= 0.6 is 0 Å². The van der Waals surface area contributed by atoms with E-state index in [-0.39, 0.29) is 24.0 Å². The van der Waals surface area contributed by atoms with Crippen LogP contribution in [0.4, 0.5) is 5.82 Å². The third-order valence-electron chi connectivity index (χ3n) is 5.06. The average molecular weight is 417 g/mol. The van der Waals surface area contributed by atoms with Crippen LogP contribution in [0.2, 0.25) is 0 Å². The van der Waals surface area contributed by atoms with Gasteiger partial charge in [0.1, 0.15) is 23.8 Å². The Morgan fingerprint density at radius 3 is 2.69 bits per heavy atom. The van der Waals surface area contributed by atoms with Gasteiger partial charge in [0, 0.05) is 11.8 Å². The third kappa shape index (κ3) is 4.20. The van der Waals surface area contributed by atoms with Gasteiger partial charge in [-0.25, -0.2) is 13.4 Å². The van der Waals surface area contributed by atoms with Crippen LogP contribution < -0.4 is 5.32 Å². The number of allylic oxidation sites excluding steroid dienone is 1. The number of carbonyl (C=O) groups excluding carboxylic acids is 1. The second-order valence-corrected chi connectivity index (χ2v) is 9.53. The Labute approximate surface area is 169 Å². The molecule has 9 heteroatoms. The minimum Gasteiger partial charge on any atom is -0.491 e. The lowest BCUT2D eigenvalue weighted by Gasteiger charge is -2.39. The molecule has 1 aliphatic carbocycles. The van der Waals surface area contributed by atoms with Gasteiger partial charge in [0.2, 0.25) is 10.0 Å². The first kappa shape index (κ1) is 19.7. The zero-order valence-electron chi connectivity index (χ0n) is 16.5. The maximum atomic E-state index is 12.7. The maximum Gasteiger partial charge on any atom is 0.256 e. The number of nitrogens with zero attached hydrogens (tertiary/aromatic N) is 2. The number of fused-ring (bicyclic) bond motifs is 1. The molecule has 3 aliphatic rings. The topological polar surface area (TPSA) is 97.8 Å². The van der Waals surface area contributed by atoms with Gasteiger partial charge in [-0.15, -0.1) is 0 Å². The molecule has 3 heterocycles. The standard InChI is InChI=1S/C20H23N3O5S/c1-12-4-5-19(21-9-12)22-20(24)14-7-17-16(6-13(2)27-17)18(8-14)28-15-10-23(11-15)29(3,25)26/h4-9,15-17H,10-11H2,1-3H3,(H,21,22,24). The molecule has 154 valence electrons. The maximum absolute atomic E-state index is 12.7. The number of carbonyl (C=O) groups is 1. The van der Waals surface area contributed by atoms with E-state index >= 15 is 0 Å².